The maximum atomic E-state index is 13.8. The number of nitrogens with zero attached hydrogens (tertiary/aromatic N) is 3. The maximum absolute atomic E-state index is 13.8. The summed E-state index contributed by atoms with van der Waals surface area (Å²) in [5.74, 6) is -0.704. The molecule has 0 saturated carbocycles. The van der Waals surface area contributed by atoms with Crippen LogP contribution >= 0.6 is 15.9 Å². The molecule has 1 aliphatic heterocycles. The molecular weight excluding hydrogens is 429 g/mol. The van der Waals surface area contributed by atoms with E-state index in [1.54, 1.807) is 12.4 Å². The monoisotopic (exact) mass is 445 g/mol. The van der Waals surface area contributed by atoms with Gasteiger partial charge in [-0.25, -0.2) is 22.8 Å². The highest BCUT2D eigenvalue weighted by Gasteiger charge is 2.31. The summed E-state index contributed by atoms with van der Waals surface area (Å²) in [6.45, 7) is 0.550. The van der Waals surface area contributed by atoms with Gasteiger partial charge in [-0.1, -0.05) is 0 Å². The molecule has 1 aliphatic rings. The van der Waals surface area contributed by atoms with Gasteiger partial charge in [0.2, 0.25) is 10.0 Å². The lowest BCUT2D eigenvalue weighted by Crippen LogP contribution is -2.41. The molecule has 1 fully saturated rings. The highest BCUT2D eigenvalue weighted by Crippen LogP contribution is 2.26. The predicted octanol–water partition coefficient (Wildman–Crippen LogP) is 2.62. The van der Waals surface area contributed by atoms with Crippen LogP contribution in [0.25, 0.3) is 0 Å². The van der Waals surface area contributed by atoms with Gasteiger partial charge in [-0.3, -0.25) is 0 Å². The molecule has 0 bridgehead atoms. The van der Waals surface area contributed by atoms with Crippen molar-refractivity contribution in [3.63, 3.8) is 0 Å². The Labute approximate surface area is 159 Å². The number of piperidine rings is 1. The van der Waals surface area contributed by atoms with Crippen molar-refractivity contribution in [3.8, 4) is 11.8 Å². The molecule has 7 nitrogen and oxygen atoms in total. The predicted molar refractivity (Wildman–Crippen MR) is 95.1 cm³/mol. The van der Waals surface area contributed by atoms with Crippen molar-refractivity contribution in [1.82, 2.24) is 14.3 Å². The normalized spacial score (nSPS) is 16.4. The lowest BCUT2D eigenvalue weighted by Gasteiger charge is -2.30. The number of hydrogen-bond donors (Lipinski definition) is 0. The molecule has 140 valence electrons. The van der Waals surface area contributed by atoms with E-state index < -0.39 is 15.8 Å². The Morgan fingerprint density at radius 3 is 2.46 bits per heavy atom. The number of ether oxygens (including phenoxy) is 2. The molecule has 0 radical (unpaired) electrons. The van der Waals surface area contributed by atoms with E-state index in [1.807, 2.05) is 0 Å². The number of rotatable bonds is 5. The summed E-state index contributed by atoms with van der Waals surface area (Å²) >= 11 is 3.25. The van der Waals surface area contributed by atoms with E-state index in [-0.39, 0.29) is 35.8 Å². The van der Waals surface area contributed by atoms with E-state index in [2.05, 4.69) is 25.9 Å². The SMILES string of the molecule is COc1ccc(S(=O)(=O)N2CCC(Oc3ncc(Br)cn3)CC2)cc1F. The van der Waals surface area contributed by atoms with Gasteiger partial charge in [0, 0.05) is 25.5 Å². The average molecular weight is 446 g/mol. The number of aromatic nitrogens is 2. The van der Waals surface area contributed by atoms with Crippen LogP contribution in [-0.2, 0) is 10.0 Å². The van der Waals surface area contributed by atoms with E-state index >= 15 is 0 Å². The van der Waals surface area contributed by atoms with E-state index in [9.17, 15) is 12.8 Å². The van der Waals surface area contributed by atoms with Crippen molar-refractivity contribution >= 4 is 26.0 Å². The Hall–Kier alpha value is -1.78. The van der Waals surface area contributed by atoms with Crippen molar-refractivity contribution in [2.45, 2.75) is 23.8 Å². The largest absolute Gasteiger partial charge is 0.494 e. The molecule has 0 atom stereocenters. The van der Waals surface area contributed by atoms with Crippen molar-refractivity contribution in [2.24, 2.45) is 0 Å². The first-order valence-electron chi connectivity index (χ1n) is 7.88. The van der Waals surface area contributed by atoms with E-state index in [1.165, 1.54) is 23.5 Å². The van der Waals surface area contributed by atoms with Crippen LogP contribution in [0.15, 0.2) is 40.0 Å². The fourth-order valence-corrected chi connectivity index (χ4v) is 4.34. The number of halogens is 2. The van der Waals surface area contributed by atoms with Crippen molar-refractivity contribution in [2.75, 3.05) is 20.2 Å². The van der Waals surface area contributed by atoms with Crippen molar-refractivity contribution in [3.05, 3.63) is 40.9 Å². The highest BCUT2D eigenvalue weighted by atomic mass is 79.9. The van der Waals surface area contributed by atoms with Crippen LogP contribution in [0.3, 0.4) is 0 Å². The van der Waals surface area contributed by atoms with Gasteiger partial charge in [-0.2, -0.15) is 4.31 Å². The molecule has 2 heterocycles. The van der Waals surface area contributed by atoms with Crippen molar-refractivity contribution in [1.29, 1.82) is 0 Å². The zero-order valence-corrected chi connectivity index (χ0v) is 16.3. The smallest absolute Gasteiger partial charge is 0.316 e. The Balaban J connectivity index is 1.65. The van der Waals surface area contributed by atoms with Crippen molar-refractivity contribution < 1.29 is 22.3 Å². The molecule has 0 amide bonds. The first-order chi connectivity index (χ1) is 12.4. The molecular formula is C16H17BrFN3O4S. The third kappa shape index (κ3) is 4.13. The minimum absolute atomic E-state index is 0.00514. The van der Waals surface area contributed by atoms with Gasteiger partial charge in [0.15, 0.2) is 11.6 Å². The second kappa shape index (κ2) is 7.85. The summed E-state index contributed by atoms with van der Waals surface area (Å²) in [4.78, 5) is 8.01. The number of hydrogen-bond acceptors (Lipinski definition) is 6. The van der Waals surface area contributed by atoms with Gasteiger partial charge in [-0.05, 0) is 47.0 Å². The van der Waals surface area contributed by atoms with Crippen LogP contribution in [0.5, 0.6) is 11.8 Å². The van der Waals surface area contributed by atoms with E-state index in [0.29, 0.717) is 12.8 Å². The van der Waals surface area contributed by atoms with Crippen LogP contribution in [0.4, 0.5) is 4.39 Å². The van der Waals surface area contributed by atoms with Gasteiger partial charge in [-0.15, -0.1) is 0 Å². The first-order valence-corrected chi connectivity index (χ1v) is 10.1. The fraction of sp³-hybridized carbons (Fsp3) is 0.375. The number of methoxy groups -OCH3 is 1. The van der Waals surface area contributed by atoms with Gasteiger partial charge in [0.25, 0.3) is 0 Å². The molecule has 1 aromatic carbocycles. The Morgan fingerprint density at radius 1 is 1.23 bits per heavy atom. The van der Waals surface area contributed by atoms with E-state index in [4.69, 9.17) is 9.47 Å². The average Bonchev–Trinajstić information content (AvgIpc) is 2.64. The number of sulfonamides is 1. The molecule has 0 unspecified atom stereocenters. The molecule has 0 spiro atoms. The quantitative estimate of drug-likeness (QED) is 0.703. The summed E-state index contributed by atoms with van der Waals surface area (Å²) in [7, 11) is -2.44. The maximum Gasteiger partial charge on any atom is 0.316 e. The van der Waals surface area contributed by atoms with Crippen LogP contribution < -0.4 is 9.47 Å². The topological polar surface area (TPSA) is 81.6 Å². The second-order valence-electron chi connectivity index (χ2n) is 5.70. The summed E-state index contributed by atoms with van der Waals surface area (Å²) < 4.78 is 51.8. The van der Waals surface area contributed by atoms with Crippen LogP contribution in [0.2, 0.25) is 0 Å². The lowest BCUT2D eigenvalue weighted by molar-refractivity contribution is 0.124. The highest BCUT2D eigenvalue weighted by molar-refractivity contribution is 9.10. The molecule has 10 heteroatoms. The third-order valence-electron chi connectivity index (χ3n) is 4.03. The van der Waals surface area contributed by atoms with Gasteiger partial charge < -0.3 is 9.47 Å². The van der Waals surface area contributed by atoms with E-state index in [0.717, 1.165) is 10.5 Å². The summed E-state index contributed by atoms with van der Waals surface area (Å²) in [6, 6.07) is 3.89. The molecule has 26 heavy (non-hydrogen) atoms. The number of benzene rings is 1. The lowest BCUT2D eigenvalue weighted by atomic mass is 10.1. The fourth-order valence-electron chi connectivity index (χ4n) is 2.66. The minimum Gasteiger partial charge on any atom is -0.494 e. The zero-order chi connectivity index (χ0) is 18.7. The second-order valence-corrected chi connectivity index (χ2v) is 8.56. The third-order valence-corrected chi connectivity index (χ3v) is 6.33. The van der Waals surface area contributed by atoms with Crippen LogP contribution in [0.1, 0.15) is 12.8 Å². The molecule has 0 aliphatic carbocycles. The molecule has 2 aromatic rings. The Kier molecular flexibility index (Phi) is 5.73. The zero-order valence-electron chi connectivity index (χ0n) is 13.9. The first kappa shape index (κ1) is 19.0. The molecule has 1 saturated heterocycles. The summed E-state index contributed by atoms with van der Waals surface area (Å²) in [5.41, 5.74) is 0. The van der Waals surface area contributed by atoms with Crippen LogP contribution in [-0.4, -0.2) is 49.0 Å². The van der Waals surface area contributed by atoms with Gasteiger partial charge >= 0.3 is 6.01 Å². The molecule has 0 N–H and O–H groups in total. The standard InChI is InChI=1S/C16H17BrFN3O4S/c1-24-15-3-2-13(8-14(15)18)26(22,23)21-6-4-12(5-7-21)25-16-19-9-11(17)10-20-16/h2-3,8-10,12H,4-7H2,1H3. The summed E-state index contributed by atoms with van der Waals surface area (Å²) in [6.07, 6.45) is 3.99. The summed E-state index contributed by atoms with van der Waals surface area (Å²) in [5, 5.41) is 0. The Bertz CT molecular complexity index is 872. The minimum atomic E-state index is -3.77. The van der Waals surface area contributed by atoms with Gasteiger partial charge in [0.1, 0.15) is 6.10 Å². The molecule has 3 rings (SSSR count). The Morgan fingerprint density at radius 2 is 1.88 bits per heavy atom. The van der Waals surface area contributed by atoms with Crippen LogP contribution in [0, 0.1) is 5.82 Å². The molecule has 1 aromatic heterocycles. The van der Waals surface area contributed by atoms with Gasteiger partial charge in [0.05, 0.1) is 16.5 Å².